The summed E-state index contributed by atoms with van der Waals surface area (Å²) in [5, 5.41) is 5.20. The van der Waals surface area contributed by atoms with Crippen LogP contribution in [0.15, 0.2) is 72.3 Å². The van der Waals surface area contributed by atoms with E-state index in [1.807, 2.05) is 12.1 Å². The molecule has 3 nitrogen and oxygen atoms in total. The SMILES string of the molecule is O=C(C[NH2+]C(c1ccccc1)c1ccccc1)NCCC1=CCCCC1. The van der Waals surface area contributed by atoms with E-state index in [4.69, 9.17) is 0 Å². The van der Waals surface area contributed by atoms with Crippen LogP contribution in [0.3, 0.4) is 0 Å². The van der Waals surface area contributed by atoms with Gasteiger partial charge in [-0.2, -0.15) is 0 Å². The molecule has 0 aliphatic heterocycles. The highest BCUT2D eigenvalue weighted by Crippen LogP contribution is 2.19. The van der Waals surface area contributed by atoms with Gasteiger partial charge in [-0.05, 0) is 32.1 Å². The van der Waals surface area contributed by atoms with Crippen LogP contribution >= 0.6 is 0 Å². The Balaban J connectivity index is 1.52. The molecule has 3 heteroatoms. The number of carbonyl (C=O) groups excluding carboxylic acids is 1. The van der Waals surface area contributed by atoms with Gasteiger partial charge in [0, 0.05) is 17.7 Å². The third-order valence-corrected chi connectivity index (χ3v) is 5.01. The first-order valence-electron chi connectivity index (χ1n) is 9.71. The molecule has 0 radical (unpaired) electrons. The number of carbonyl (C=O) groups is 1. The molecule has 0 bridgehead atoms. The average Bonchev–Trinajstić information content (AvgIpc) is 2.71. The topological polar surface area (TPSA) is 45.7 Å². The monoisotopic (exact) mass is 349 g/mol. The molecule has 136 valence electrons. The van der Waals surface area contributed by atoms with E-state index in [2.05, 4.69) is 65.2 Å². The second kappa shape index (κ2) is 9.93. The zero-order valence-electron chi connectivity index (χ0n) is 15.4. The largest absolute Gasteiger partial charge is 0.351 e. The standard InChI is InChI=1S/C23H28N2O/c26-22(24-17-16-19-10-4-1-5-11-19)18-25-23(20-12-6-2-7-13-20)21-14-8-3-9-15-21/h2-3,6-10,12-15,23,25H,1,4-5,11,16-18H2,(H,24,26)/p+1. The Bertz CT molecular complexity index is 670. The highest BCUT2D eigenvalue weighted by Gasteiger charge is 2.18. The van der Waals surface area contributed by atoms with Gasteiger partial charge in [-0.15, -0.1) is 0 Å². The molecular weight excluding hydrogens is 320 g/mol. The summed E-state index contributed by atoms with van der Waals surface area (Å²) in [7, 11) is 0. The number of rotatable bonds is 8. The highest BCUT2D eigenvalue weighted by atomic mass is 16.1. The number of amides is 1. The lowest BCUT2D eigenvalue weighted by molar-refractivity contribution is -0.676. The maximum atomic E-state index is 12.3. The minimum Gasteiger partial charge on any atom is -0.351 e. The first-order valence-corrected chi connectivity index (χ1v) is 9.71. The molecule has 1 amide bonds. The fourth-order valence-electron chi connectivity index (χ4n) is 3.58. The van der Waals surface area contributed by atoms with Crippen molar-refractivity contribution < 1.29 is 10.1 Å². The van der Waals surface area contributed by atoms with Crippen LogP contribution in [0.5, 0.6) is 0 Å². The van der Waals surface area contributed by atoms with Gasteiger partial charge >= 0.3 is 0 Å². The van der Waals surface area contributed by atoms with Crippen molar-refractivity contribution in [1.82, 2.24) is 5.32 Å². The summed E-state index contributed by atoms with van der Waals surface area (Å²) in [4.78, 5) is 12.3. The quantitative estimate of drug-likeness (QED) is 0.706. The molecule has 1 aliphatic carbocycles. The summed E-state index contributed by atoms with van der Waals surface area (Å²) >= 11 is 0. The van der Waals surface area contributed by atoms with Crippen molar-refractivity contribution >= 4 is 5.91 Å². The van der Waals surface area contributed by atoms with E-state index in [-0.39, 0.29) is 11.9 Å². The van der Waals surface area contributed by atoms with Crippen molar-refractivity contribution in [3.8, 4) is 0 Å². The zero-order valence-corrected chi connectivity index (χ0v) is 15.4. The highest BCUT2D eigenvalue weighted by molar-refractivity contribution is 5.76. The second-order valence-electron chi connectivity index (χ2n) is 6.95. The fourth-order valence-corrected chi connectivity index (χ4v) is 3.58. The predicted octanol–water partition coefficient (Wildman–Crippen LogP) is 3.35. The minimum absolute atomic E-state index is 0.110. The van der Waals surface area contributed by atoms with E-state index in [0.29, 0.717) is 6.54 Å². The summed E-state index contributed by atoms with van der Waals surface area (Å²) in [6.07, 6.45) is 8.35. The zero-order chi connectivity index (χ0) is 18.0. The summed E-state index contributed by atoms with van der Waals surface area (Å²) in [6.45, 7) is 1.19. The normalized spacial score (nSPS) is 14.1. The number of hydrogen-bond donors (Lipinski definition) is 2. The second-order valence-corrected chi connectivity index (χ2v) is 6.95. The van der Waals surface area contributed by atoms with Gasteiger partial charge in [-0.1, -0.05) is 72.3 Å². The van der Waals surface area contributed by atoms with Crippen molar-refractivity contribution in [2.75, 3.05) is 13.1 Å². The van der Waals surface area contributed by atoms with E-state index >= 15 is 0 Å². The number of nitrogens with two attached hydrogens (primary N) is 1. The number of hydrogen-bond acceptors (Lipinski definition) is 1. The van der Waals surface area contributed by atoms with Crippen molar-refractivity contribution in [2.24, 2.45) is 0 Å². The molecule has 1 aliphatic rings. The van der Waals surface area contributed by atoms with Crippen LogP contribution in [-0.4, -0.2) is 19.0 Å². The van der Waals surface area contributed by atoms with Crippen LogP contribution in [0.2, 0.25) is 0 Å². The van der Waals surface area contributed by atoms with Crippen LogP contribution in [0.4, 0.5) is 0 Å². The maximum Gasteiger partial charge on any atom is 0.275 e. The molecule has 0 atom stereocenters. The number of quaternary nitrogens is 1. The van der Waals surface area contributed by atoms with Gasteiger partial charge in [-0.25, -0.2) is 0 Å². The van der Waals surface area contributed by atoms with Crippen LogP contribution in [0.1, 0.15) is 49.3 Å². The maximum absolute atomic E-state index is 12.3. The Hall–Kier alpha value is -2.39. The van der Waals surface area contributed by atoms with Gasteiger partial charge in [0.2, 0.25) is 0 Å². The summed E-state index contributed by atoms with van der Waals surface area (Å²) in [6, 6.07) is 20.9. The molecule has 0 unspecified atom stereocenters. The van der Waals surface area contributed by atoms with Gasteiger partial charge in [-0.3, -0.25) is 4.79 Å². The van der Waals surface area contributed by atoms with Crippen molar-refractivity contribution in [2.45, 2.75) is 38.1 Å². The molecule has 0 saturated heterocycles. The molecule has 26 heavy (non-hydrogen) atoms. The van der Waals surface area contributed by atoms with Crippen LogP contribution < -0.4 is 10.6 Å². The Morgan fingerprint density at radius 1 is 0.962 bits per heavy atom. The summed E-state index contributed by atoms with van der Waals surface area (Å²) < 4.78 is 0. The van der Waals surface area contributed by atoms with E-state index in [1.54, 1.807) is 0 Å². The van der Waals surface area contributed by atoms with Gasteiger partial charge < -0.3 is 10.6 Å². The van der Waals surface area contributed by atoms with Crippen molar-refractivity contribution in [3.63, 3.8) is 0 Å². The molecule has 2 aromatic carbocycles. The summed E-state index contributed by atoms with van der Waals surface area (Å²) in [5.41, 5.74) is 3.95. The molecule has 0 spiro atoms. The molecule has 0 saturated carbocycles. The van der Waals surface area contributed by atoms with Crippen LogP contribution in [0, 0.1) is 0 Å². The lowest BCUT2D eigenvalue weighted by atomic mass is 9.97. The molecule has 3 rings (SSSR count). The third kappa shape index (κ3) is 5.57. The van der Waals surface area contributed by atoms with E-state index in [1.165, 1.54) is 42.4 Å². The lowest BCUT2D eigenvalue weighted by Crippen LogP contribution is -2.87. The predicted molar refractivity (Wildman–Crippen MR) is 106 cm³/mol. The lowest BCUT2D eigenvalue weighted by Gasteiger charge is -2.17. The Kier molecular flexibility index (Phi) is 7.03. The number of benzene rings is 2. The Morgan fingerprint density at radius 3 is 2.19 bits per heavy atom. The first kappa shape index (κ1) is 18.4. The summed E-state index contributed by atoms with van der Waals surface area (Å²) in [5.74, 6) is 0.110. The Labute approximate surface area is 156 Å². The van der Waals surface area contributed by atoms with Crippen molar-refractivity contribution in [3.05, 3.63) is 83.4 Å². The van der Waals surface area contributed by atoms with E-state index in [0.717, 1.165) is 13.0 Å². The molecule has 0 aromatic heterocycles. The average molecular weight is 349 g/mol. The molecule has 3 N–H and O–H groups in total. The van der Waals surface area contributed by atoms with Gasteiger partial charge in [0.15, 0.2) is 6.54 Å². The molecule has 2 aromatic rings. The minimum atomic E-state index is 0.110. The van der Waals surface area contributed by atoms with Gasteiger partial charge in [0.25, 0.3) is 5.91 Å². The third-order valence-electron chi connectivity index (χ3n) is 5.01. The molecule has 0 heterocycles. The van der Waals surface area contributed by atoms with Crippen molar-refractivity contribution in [1.29, 1.82) is 0 Å². The van der Waals surface area contributed by atoms with Gasteiger partial charge in [0.05, 0.1) is 0 Å². The Morgan fingerprint density at radius 2 is 1.62 bits per heavy atom. The van der Waals surface area contributed by atoms with Gasteiger partial charge in [0.1, 0.15) is 6.04 Å². The van der Waals surface area contributed by atoms with E-state index in [9.17, 15) is 4.79 Å². The molecular formula is C23H29N2O+. The molecule has 0 fully saturated rings. The number of nitrogens with one attached hydrogen (secondary N) is 1. The fraction of sp³-hybridized carbons (Fsp3) is 0.348. The number of allylic oxidation sites excluding steroid dienone is 1. The first-order chi connectivity index (χ1) is 12.8. The van der Waals surface area contributed by atoms with E-state index < -0.39 is 0 Å². The van der Waals surface area contributed by atoms with Crippen LogP contribution in [-0.2, 0) is 4.79 Å². The smallest absolute Gasteiger partial charge is 0.275 e. The van der Waals surface area contributed by atoms with Crippen LogP contribution in [0.25, 0.3) is 0 Å².